The molecule has 4 heteroatoms. The first kappa shape index (κ1) is 12.7. The third-order valence-electron chi connectivity index (χ3n) is 2.05. The molecule has 1 atom stereocenters. The van der Waals surface area contributed by atoms with Crippen LogP contribution >= 0.6 is 0 Å². The molecule has 0 bridgehead atoms. The molecule has 0 aromatic heterocycles. The lowest BCUT2D eigenvalue weighted by Crippen LogP contribution is -2.20. The van der Waals surface area contributed by atoms with E-state index in [1.807, 2.05) is 30.3 Å². The minimum absolute atomic E-state index is 0.0364. The van der Waals surface area contributed by atoms with Crippen molar-refractivity contribution >= 4 is 5.97 Å². The van der Waals surface area contributed by atoms with Crippen molar-refractivity contribution in [2.75, 3.05) is 13.7 Å². The number of methoxy groups -OCH3 is 1. The Morgan fingerprint density at radius 3 is 2.69 bits per heavy atom. The molecular weight excluding hydrogens is 208 g/mol. The summed E-state index contributed by atoms with van der Waals surface area (Å²) in [6, 6.07) is 9.64. The Hall–Kier alpha value is -1.39. The summed E-state index contributed by atoms with van der Waals surface area (Å²) in [7, 11) is 1.29. The number of rotatable bonds is 6. The highest BCUT2D eigenvalue weighted by Crippen LogP contribution is 2.02. The van der Waals surface area contributed by atoms with Crippen molar-refractivity contribution in [3.63, 3.8) is 0 Å². The van der Waals surface area contributed by atoms with Crippen LogP contribution in [0.5, 0.6) is 0 Å². The Labute approximate surface area is 94.8 Å². The molecule has 0 aliphatic rings. The van der Waals surface area contributed by atoms with Gasteiger partial charge >= 0.3 is 5.97 Å². The molecule has 0 heterocycles. The molecule has 1 aromatic rings. The van der Waals surface area contributed by atoms with Gasteiger partial charge in [0.2, 0.25) is 0 Å². The van der Waals surface area contributed by atoms with E-state index >= 15 is 0 Å². The summed E-state index contributed by atoms with van der Waals surface area (Å²) in [6.07, 6.45) is -0.846. The van der Waals surface area contributed by atoms with Gasteiger partial charge in [-0.15, -0.1) is 0 Å². The summed E-state index contributed by atoms with van der Waals surface area (Å²) < 4.78 is 9.70. The molecule has 1 aromatic carbocycles. The zero-order valence-corrected chi connectivity index (χ0v) is 9.26. The van der Waals surface area contributed by atoms with Gasteiger partial charge in [0.05, 0.1) is 32.8 Å². The molecule has 4 nitrogen and oxygen atoms in total. The van der Waals surface area contributed by atoms with Crippen LogP contribution in [-0.4, -0.2) is 30.9 Å². The smallest absolute Gasteiger partial charge is 0.308 e. The lowest BCUT2D eigenvalue weighted by molar-refractivity contribution is -0.143. The fraction of sp³-hybridized carbons (Fsp3) is 0.417. The van der Waals surface area contributed by atoms with Gasteiger partial charge in [-0.3, -0.25) is 4.79 Å². The van der Waals surface area contributed by atoms with Gasteiger partial charge in [-0.1, -0.05) is 30.3 Å². The van der Waals surface area contributed by atoms with Crippen LogP contribution in [0.15, 0.2) is 30.3 Å². The lowest BCUT2D eigenvalue weighted by Gasteiger charge is -2.09. The predicted molar refractivity (Wildman–Crippen MR) is 58.7 cm³/mol. The summed E-state index contributed by atoms with van der Waals surface area (Å²) in [6.45, 7) is 0.559. The first-order valence-corrected chi connectivity index (χ1v) is 5.09. The molecule has 0 fully saturated rings. The maximum atomic E-state index is 10.8. The van der Waals surface area contributed by atoms with Crippen LogP contribution in [-0.2, 0) is 20.9 Å². The second kappa shape index (κ2) is 6.98. The molecule has 0 saturated carbocycles. The van der Waals surface area contributed by atoms with Gasteiger partial charge in [-0.2, -0.15) is 0 Å². The highest BCUT2D eigenvalue weighted by molar-refractivity contribution is 5.69. The van der Waals surface area contributed by atoms with Crippen LogP contribution in [0, 0.1) is 0 Å². The molecule has 0 aliphatic carbocycles. The molecule has 1 N–H and O–H groups in total. The van der Waals surface area contributed by atoms with Gasteiger partial charge in [-0.25, -0.2) is 0 Å². The normalized spacial score (nSPS) is 12.1. The van der Waals surface area contributed by atoms with Crippen molar-refractivity contribution in [2.45, 2.75) is 19.1 Å². The van der Waals surface area contributed by atoms with Crippen molar-refractivity contribution in [3.05, 3.63) is 35.9 Å². The molecule has 0 radical (unpaired) electrons. The number of hydrogen-bond donors (Lipinski definition) is 1. The van der Waals surface area contributed by atoms with Gasteiger partial charge < -0.3 is 14.6 Å². The van der Waals surface area contributed by atoms with E-state index in [1.165, 1.54) is 7.11 Å². The average molecular weight is 224 g/mol. The van der Waals surface area contributed by atoms with Crippen LogP contribution in [0.25, 0.3) is 0 Å². The number of esters is 1. The number of ether oxygens (including phenoxy) is 2. The number of aliphatic hydroxyl groups is 1. The van der Waals surface area contributed by atoms with Crippen molar-refractivity contribution < 1.29 is 19.4 Å². The average Bonchev–Trinajstić information content (AvgIpc) is 2.30. The van der Waals surface area contributed by atoms with Crippen LogP contribution in [0.3, 0.4) is 0 Å². The van der Waals surface area contributed by atoms with Gasteiger partial charge in [0.15, 0.2) is 0 Å². The monoisotopic (exact) mass is 224 g/mol. The first-order valence-electron chi connectivity index (χ1n) is 5.09. The largest absolute Gasteiger partial charge is 0.469 e. The van der Waals surface area contributed by atoms with E-state index in [2.05, 4.69) is 4.74 Å². The number of benzene rings is 1. The van der Waals surface area contributed by atoms with Gasteiger partial charge in [0.1, 0.15) is 0 Å². The fourth-order valence-corrected chi connectivity index (χ4v) is 1.22. The van der Waals surface area contributed by atoms with Crippen LogP contribution in [0.4, 0.5) is 0 Å². The van der Waals surface area contributed by atoms with E-state index in [-0.39, 0.29) is 13.0 Å². The topological polar surface area (TPSA) is 55.8 Å². The minimum atomic E-state index is -0.809. The molecule has 0 amide bonds. The minimum Gasteiger partial charge on any atom is -0.469 e. The highest BCUT2D eigenvalue weighted by Gasteiger charge is 2.10. The van der Waals surface area contributed by atoms with E-state index in [0.29, 0.717) is 6.61 Å². The fourth-order valence-electron chi connectivity index (χ4n) is 1.22. The zero-order valence-electron chi connectivity index (χ0n) is 9.26. The van der Waals surface area contributed by atoms with Gasteiger partial charge in [-0.05, 0) is 5.56 Å². The first-order chi connectivity index (χ1) is 7.72. The summed E-state index contributed by atoms with van der Waals surface area (Å²) in [4.78, 5) is 10.8. The van der Waals surface area contributed by atoms with E-state index in [1.54, 1.807) is 0 Å². The number of carbonyl (C=O) groups excluding carboxylic acids is 1. The number of hydrogen-bond acceptors (Lipinski definition) is 4. The third-order valence-corrected chi connectivity index (χ3v) is 2.05. The second-order valence-electron chi connectivity index (χ2n) is 3.43. The predicted octanol–water partition coefficient (Wildman–Crippen LogP) is 1.13. The van der Waals surface area contributed by atoms with Crippen molar-refractivity contribution in [2.24, 2.45) is 0 Å². The second-order valence-corrected chi connectivity index (χ2v) is 3.43. The Kier molecular flexibility index (Phi) is 5.53. The van der Waals surface area contributed by atoms with E-state index in [4.69, 9.17) is 4.74 Å². The van der Waals surface area contributed by atoms with Crippen molar-refractivity contribution in [1.82, 2.24) is 0 Å². The highest BCUT2D eigenvalue weighted by atomic mass is 16.5. The quantitative estimate of drug-likeness (QED) is 0.736. The maximum absolute atomic E-state index is 10.8. The molecule has 1 rings (SSSR count). The summed E-state index contributed by atoms with van der Waals surface area (Å²) in [5.41, 5.74) is 1.03. The zero-order chi connectivity index (χ0) is 11.8. The third kappa shape index (κ3) is 4.91. The van der Waals surface area contributed by atoms with Crippen molar-refractivity contribution in [1.29, 1.82) is 0 Å². The summed E-state index contributed by atoms with van der Waals surface area (Å²) in [5, 5.41) is 9.40. The maximum Gasteiger partial charge on any atom is 0.308 e. The standard InChI is InChI=1S/C12H16O4/c1-15-12(14)7-11(13)9-16-8-10-5-3-2-4-6-10/h2-6,11,13H,7-9H2,1H3/t11-/m0/s1. The van der Waals surface area contributed by atoms with E-state index < -0.39 is 12.1 Å². The Morgan fingerprint density at radius 2 is 2.06 bits per heavy atom. The Bertz CT molecular complexity index is 310. The lowest BCUT2D eigenvalue weighted by atomic mass is 10.2. The Balaban J connectivity index is 2.18. The Morgan fingerprint density at radius 1 is 1.38 bits per heavy atom. The SMILES string of the molecule is COC(=O)C[C@H](O)COCc1ccccc1. The van der Waals surface area contributed by atoms with Crippen LogP contribution in [0.2, 0.25) is 0 Å². The molecule has 88 valence electrons. The van der Waals surface area contributed by atoms with Gasteiger partial charge in [0.25, 0.3) is 0 Å². The molecule has 0 saturated heterocycles. The molecular formula is C12H16O4. The van der Waals surface area contributed by atoms with Crippen LogP contribution < -0.4 is 0 Å². The van der Waals surface area contributed by atoms with Crippen LogP contribution in [0.1, 0.15) is 12.0 Å². The summed E-state index contributed by atoms with van der Waals surface area (Å²) in [5.74, 6) is -0.434. The van der Waals surface area contributed by atoms with Gasteiger partial charge in [0, 0.05) is 0 Å². The molecule has 0 spiro atoms. The molecule has 0 unspecified atom stereocenters. The number of carbonyl (C=O) groups is 1. The van der Waals surface area contributed by atoms with E-state index in [0.717, 1.165) is 5.56 Å². The molecule has 0 aliphatic heterocycles. The van der Waals surface area contributed by atoms with E-state index in [9.17, 15) is 9.90 Å². The summed E-state index contributed by atoms with van der Waals surface area (Å²) >= 11 is 0. The molecule has 16 heavy (non-hydrogen) atoms. The van der Waals surface area contributed by atoms with Crippen molar-refractivity contribution in [3.8, 4) is 0 Å². The number of aliphatic hydroxyl groups excluding tert-OH is 1.